The second-order valence-corrected chi connectivity index (χ2v) is 3.48. The summed E-state index contributed by atoms with van der Waals surface area (Å²) < 4.78 is 36.0. The Morgan fingerprint density at radius 1 is 1.38 bits per heavy atom. The lowest BCUT2D eigenvalue weighted by Gasteiger charge is -2.19. The fourth-order valence-electron chi connectivity index (χ4n) is 1.20. The first-order chi connectivity index (χ1) is 7.42. The van der Waals surface area contributed by atoms with Crippen LogP contribution < -0.4 is 10.6 Å². The van der Waals surface area contributed by atoms with Crippen LogP contribution in [0.25, 0.3) is 0 Å². The van der Waals surface area contributed by atoms with Crippen LogP contribution in [-0.2, 0) is 6.54 Å². The van der Waals surface area contributed by atoms with Crippen LogP contribution in [0.4, 0.5) is 19.0 Å². The highest BCUT2D eigenvalue weighted by molar-refractivity contribution is 5.38. The quantitative estimate of drug-likeness (QED) is 0.864. The molecule has 1 heterocycles. The molecule has 0 aliphatic heterocycles. The minimum atomic E-state index is -4.14. The summed E-state index contributed by atoms with van der Waals surface area (Å²) in [5.74, 6) is 0.507. The number of hydrogen-bond donors (Lipinski definition) is 1. The van der Waals surface area contributed by atoms with Gasteiger partial charge in [-0.3, -0.25) is 0 Å². The van der Waals surface area contributed by atoms with Crippen LogP contribution in [0.15, 0.2) is 18.2 Å². The lowest BCUT2D eigenvalue weighted by Crippen LogP contribution is -2.25. The lowest BCUT2D eigenvalue weighted by atomic mass is 10.3. The Morgan fingerprint density at radius 3 is 2.62 bits per heavy atom. The zero-order chi connectivity index (χ0) is 12.2. The average Bonchev–Trinajstić information content (AvgIpc) is 2.25. The van der Waals surface area contributed by atoms with Crippen LogP contribution in [-0.4, -0.2) is 24.8 Å². The van der Waals surface area contributed by atoms with E-state index in [2.05, 4.69) is 4.98 Å². The smallest absolute Gasteiger partial charge is 0.359 e. The zero-order valence-electron chi connectivity index (χ0n) is 8.96. The molecule has 16 heavy (non-hydrogen) atoms. The summed E-state index contributed by atoms with van der Waals surface area (Å²) in [6.07, 6.45) is -4.99. The molecule has 0 amide bonds. The van der Waals surface area contributed by atoms with Gasteiger partial charge in [-0.25, -0.2) is 4.98 Å². The molecule has 0 fully saturated rings. The Labute approximate surface area is 92.1 Å². The topological polar surface area (TPSA) is 42.1 Å². The zero-order valence-corrected chi connectivity index (χ0v) is 8.96. The van der Waals surface area contributed by atoms with Gasteiger partial charge in [-0.15, -0.1) is 0 Å². The van der Waals surface area contributed by atoms with Gasteiger partial charge in [-0.2, -0.15) is 13.2 Å². The standard InChI is InChI=1S/C10H14F3N3/c1-16(6-5-10(11,12)13)9-4-2-3-8(7-14)15-9/h2-4H,5-7,14H2,1H3. The molecule has 1 rings (SSSR count). The first kappa shape index (κ1) is 12.8. The largest absolute Gasteiger partial charge is 0.390 e. The molecule has 6 heteroatoms. The Bertz CT molecular complexity index is 338. The summed E-state index contributed by atoms with van der Waals surface area (Å²) in [7, 11) is 1.58. The summed E-state index contributed by atoms with van der Waals surface area (Å²) in [6.45, 7) is 0.172. The fraction of sp³-hybridized carbons (Fsp3) is 0.500. The average molecular weight is 233 g/mol. The maximum Gasteiger partial charge on any atom is 0.390 e. The van der Waals surface area contributed by atoms with Crippen molar-refractivity contribution in [2.24, 2.45) is 5.73 Å². The van der Waals surface area contributed by atoms with Crippen LogP contribution in [0.3, 0.4) is 0 Å². The van der Waals surface area contributed by atoms with E-state index in [0.717, 1.165) is 0 Å². The third kappa shape index (κ3) is 4.06. The molecule has 90 valence electrons. The number of hydrogen-bond acceptors (Lipinski definition) is 3. The lowest BCUT2D eigenvalue weighted by molar-refractivity contribution is -0.132. The molecule has 0 aliphatic rings. The molecule has 0 spiro atoms. The number of nitrogens with two attached hydrogens (primary N) is 1. The van der Waals surface area contributed by atoms with Gasteiger partial charge in [0.05, 0.1) is 12.1 Å². The summed E-state index contributed by atoms with van der Waals surface area (Å²) >= 11 is 0. The molecule has 0 atom stereocenters. The molecule has 0 aromatic carbocycles. The predicted molar refractivity (Wildman–Crippen MR) is 56.1 cm³/mol. The van der Waals surface area contributed by atoms with Crippen LogP contribution >= 0.6 is 0 Å². The van der Waals surface area contributed by atoms with E-state index in [4.69, 9.17) is 5.73 Å². The molecule has 3 nitrogen and oxygen atoms in total. The van der Waals surface area contributed by atoms with Crippen molar-refractivity contribution < 1.29 is 13.2 Å². The molecule has 1 aromatic heterocycles. The van der Waals surface area contributed by atoms with E-state index in [1.165, 1.54) is 4.90 Å². The molecule has 0 radical (unpaired) electrons. The summed E-state index contributed by atoms with van der Waals surface area (Å²) in [4.78, 5) is 5.59. The molecule has 0 bridgehead atoms. The van der Waals surface area contributed by atoms with E-state index in [-0.39, 0.29) is 13.1 Å². The van der Waals surface area contributed by atoms with E-state index < -0.39 is 12.6 Å². The molecule has 0 unspecified atom stereocenters. The second kappa shape index (κ2) is 5.16. The van der Waals surface area contributed by atoms with Crippen molar-refractivity contribution in [2.75, 3.05) is 18.5 Å². The molecule has 0 saturated carbocycles. The fourth-order valence-corrected chi connectivity index (χ4v) is 1.20. The van der Waals surface area contributed by atoms with Gasteiger partial charge >= 0.3 is 6.18 Å². The molecular formula is C10H14F3N3. The van der Waals surface area contributed by atoms with E-state index in [1.807, 2.05) is 0 Å². The summed E-state index contributed by atoms with van der Waals surface area (Å²) in [5, 5.41) is 0. The van der Waals surface area contributed by atoms with Crippen molar-refractivity contribution in [1.29, 1.82) is 0 Å². The monoisotopic (exact) mass is 233 g/mol. The SMILES string of the molecule is CN(CCC(F)(F)F)c1cccc(CN)n1. The third-order valence-electron chi connectivity index (χ3n) is 2.12. The first-order valence-electron chi connectivity index (χ1n) is 4.86. The normalized spacial score (nSPS) is 11.6. The van der Waals surface area contributed by atoms with Crippen LogP contribution in [0, 0.1) is 0 Å². The highest BCUT2D eigenvalue weighted by Gasteiger charge is 2.27. The van der Waals surface area contributed by atoms with Gasteiger partial charge < -0.3 is 10.6 Å². The minimum Gasteiger partial charge on any atom is -0.359 e. The van der Waals surface area contributed by atoms with Gasteiger partial charge in [0.15, 0.2) is 0 Å². The Balaban J connectivity index is 2.62. The maximum atomic E-state index is 12.0. The van der Waals surface area contributed by atoms with E-state index in [9.17, 15) is 13.2 Å². The van der Waals surface area contributed by atoms with Gasteiger partial charge in [0.2, 0.25) is 0 Å². The van der Waals surface area contributed by atoms with Crippen LogP contribution in [0.1, 0.15) is 12.1 Å². The maximum absolute atomic E-state index is 12.0. The number of rotatable bonds is 4. The van der Waals surface area contributed by atoms with Crippen LogP contribution in [0.5, 0.6) is 0 Å². The Kier molecular flexibility index (Phi) is 4.12. The Hall–Kier alpha value is -1.30. The third-order valence-corrected chi connectivity index (χ3v) is 2.12. The van der Waals surface area contributed by atoms with Gasteiger partial charge in [0, 0.05) is 20.1 Å². The highest BCUT2D eigenvalue weighted by Crippen LogP contribution is 2.20. The van der Waals surface area contributed by atoms with E-state index in [0.29, 0.717) is 11.5 Å². The highest BCUT2D eigenvalue weighted by atomic mass is 19.4. The number of nitrogens with zero attached hydrogens (tertiary/aromatic N) is 2. The second-order valence-electron chi connectivity index (χ2n) is 3.48. The molecular weight excluding hydrogens is 219 g/mol. The molecule has 0 saturated heterocycles. The minimum absolute atomic E-state index is 0.107. The van der Waals surface area contributed by atoms with Crippen molar-refractivity contribution in [3.8, 4) is 0 Å². The number of aromatic nitrogens is 1. The molecule has 2 N–H and O–H groups in total. The molecule has 0 aliphatic carbocycles. The first-order valence-corrected chi connectivity index (χ1v) is 4.86. The summed E-state index contributed by atoms with van der Waals surface area (Å²) in [6, 6.07) is 5.13. The van der Waals surface area contributed by atoms with Gasteiger partial charge in [-0.1, -0.05) is 6.07 Å². The van der Waals surface area contributed by atoms with Gasteiger partial charge in [-0.05, 0) is 12.1 Å². The number of halogens is 3. The van der Waals surface area contributed by atoms with E-state index >= 15 is 0 Å². The van der Waals surface area contributed by atoms with Crippen molar-refractivity contribution >= 4 is 5.82 Å². The molecule has 1 aromatic rings. The summed E-state index contributed by atoms with van der Waals surface area (Å²) in [5.41, 5.74) is 6.06. The van der Waals surface area contributed by atoms with Crippen molar-refractivity contribution in [3.05, 3.63) is 23.9 Å². The van der Waals surface area contributed by atoms with Crippen molar-refractivity contribution in [1.82, 2.24) is 4.98 Å². The predicted octanol–water partition coefficient (Wildman–Crippen LogP) is 1.93. The van der Waals surface area contributed by atoms with Crippen molar-refractivity contribution in [2.45, 2.75) is 19.1 Å². The number of anilines is 1. The van der Waals surface area contributed by atoms with Gasteiger partial charge in [0.1, 0.15) is 5.82 Å². The van der Waals surface area contributed by atoms with E-state index in [1.54, 1.807) is 25.2 Å². The van der Waals surface area contributed by atoms with Crippen LogP contribution in [0.2, 0.25) is 0 Å². The Morgan fingerprint density at radius 2 is 2.06 bits per heavy atom. The van der Waals surface area contributed by atoms with Gasteiger partial charge in [0.25, 0.3) is 0 Å². The number of alkyl halides is 3. The van der Waals surface area contributed by atoms with Crippen molar-refractivity contribution in [3.63, 3.8) is 0 Å². The number of pyridine rings is 1.